The van der Waals surface area contributed by atoms with Gasteiger partial charge in [0.1, 0.15) is 5.54 Å². The average Bonchev–Trinajstić information content (AvgIpc) is 2.87. The molecule has 0 spiro atoms. The fraction of sp³-hybridized carbons (Fsp3) is 0.304. The predicted octanol–water partition coefficient (Wildman–Crippen LogP) is 4.90. The van der Waals surface area contributed by atoms with Crippen molar-refractivity contribution in [2.75, 3.05) is 4.90 Å². The zero-order valence-corrected chi connectivity index (χ0v) is 18.2. The molecule has 2 rings (SSSR count). The van der Waals surface area contributed by atoms with Crippen molar-refractivity contribution in [2.45, 2.75) is 46.6 Å². The molecule has 1 saturated heterocycles. The first kappa shape index (κ1) is 22.1. The van der Waals surface area contributed by atoms with Gasteiger partial charge in [0.05, 0.1) is 23.4 Å². The molecule has 1 amide bonds. The van der Waals surface area contributed by atoms with E-state index in [1.54, 1.807) is 23.1 Å². The van der Waals surface area contributed by atoms with Gasteiger partial charge in [-0.25, -0.2) is 0 Å². The lowest BCUT2D eigenvalue weighted by atomic mass is 10.0. The summed E-state index contributed by atoms with van der Waals surface area (Å²) in [6, 6.07) is 9.44. The second-order valence-electron chi connectivity index (χ2n) is 7.26. The standard InChI is InChI=1S/C23H24N4OS/c1-7-17(16(4)13-24)12-19(8-2)27-22(29)26(21(28)23(27,5)6)20-10-9-18(14-25)15(3)11-20/h8-12H,4,7H2,1-3,5-6H3. The van der Waals surface area contributed by atoms with Gasteiger partial charge in [-0.2, -0.15) is 10.5 Å². The highest BCUT2D eigenvalue weighted by Gasteiger charge is 2.50. The van der Waals surface area contributed by atoms with Crippen molar-refractivity contribution in [3.63, 3.8) is 0 Å². The second kappa shape index (κ2) is 8.43. The Morgan fingerprint density at radius 2 is 2.00 bits per heavy atom. The van der Waals surface area contributed by atoms with E-state index in [9.17, 15) is 15.3 Å². The van der Waals surface area contributed by atoms with Crippen LogP contribution in [0.3, 0.4) is 0 Å². The lowest BCUT2D eigenvalue weighted by Crippen LogP contribution is -2.43. The zero-order chi connectivity index (χ0) is 21.9. The van der Waals surface area contributed by atoms with Crippen LogP contribution >= 0.6 is 12.2 Å². The summed E-state index contributed by atoms with van der Waals surface area (Å²) in [5.41, 5.74) is 2.96. The number of allylic oxidation sites excluding steroid dienone is 4. The quantitative estimate of drug-likeness (QED) is 0.397. The molecule has 29 heavy (non-hydrogen) atoms. The Morgan fingerprint density at radius 3 is 2.48 bits per heavy atom. The highest BCUT2D eigenvalue weighted by atomic mass is 32.1. The molecule has 0 saturated carbocycles. The van der Waals surface area contributed by atoms with Crippen molar-refractivity contribution in [3.8, 4) is 12.1 Å². The minimum absolute atomic E-state index is 0.156. The molecule has 1 aromatic carbocycles. The minimum Gasteiger partial charge on any atom is -0.304 e. The van der Waals surface area contributed by atoms with Crippen LogP contribution in [0.15, 0.2) is 53.8 Å². The van der Waals surface area contributed by atoms with E-state index in [4.69, 9.17) is 12.2 Å². The molecular weight excluding hydrogens is 380 g/mol. The molecule has 0 atom stereocenters. The highest BCUT2D eigenvalue weighted by Crippen LogP contribution is 2.36. The largest absolute Gasteiger partial charge is 0.304 e. The van der Waals surface area contributed by atoms with E-state index in [1.165, 1.54) is 4.90 Å². The monoisotopic (exact) mass is 404 g/mol. The Hall–Kier alpha value is -3.22. The summed E-state index contributed by atoms with van der Waals surface area (Å²) in [5.74, 6) is -0.156. The Morgan fingerprint density at radius 1 is 1.34 bits per heavy atom. The van der Waals surface area contributed by atoms with Crippen molar-refractivity contribution in [3.05, 3.63) is 64.9 Å². The van der Waals surface area contributed by atoms with E-state index in [0.717, 1.165) is 16.8 Å². The third kappa shape index (κ3) is 3.85. The number of hydrogen-bond donors (Lipinski definition) is 0. The number of rotatable bonds is 5. The highest BCUT2D eigenvalue weighted by molar-refractivity contribution is 7.80. The van der Waals surface area contributed by atoms with Crippen LogP contribution in [0.25, 0.3) is 0 Å². The first-order valence-corrected chi connectivity index (χ1v) is 9.70. The Labute approximate surface area is 177 Å². The first-order chi connectivity index (χ1) is 13.6. The maximum atomic E-state index is 13.3. The summed E-state index contributed by atoms with van der Waals surface area (Å²) in [4.78, 5) is 16.6. The summed E-state index contributed by atoms with van der Waals surface area (Å²) in [5, 5.41) is 18.7. The molecule has 0 aromatic heterocycles. The molecule has 0 unspecified atom stereocenters. The van der Waals surface area contributed by atoms with Gasteiger partial charge >= 0.3 is 0 Å². The van der Waals surface area contributed by atoms with E-state index in [0.29, 0.717) is 28.4 Å². The number of nitriles is 2. The molecule has 6 heteroatoms. The maximum Gasteiger partial charge on any atom is 0.259 e. The lowest BCUT2D eigenvalue weighted by Gasteiger charge is -2.30. The number of hydrogen-bond acceptors (Lipinski definition) is 4. The number of carbonyl (C=O) groups is 1. The third-order valence-electron chi connectivity index (χ3n) is 5.04. The number of aryl methyl sites for hydroxylation is 1. The maximum absolute atomic E-state index is 13.3. The number of amides is 1. The van der Waals surface area contributed by atoms with E-state index in [2.05, 4.69) is 18.7 Å². The number of nitrogens with zero attached hydrogens (tertiary/aromatic N) is 4. The van der Waals surface area contributed by atoms with Crippen LogP contribution in [0.4, 0.5) is 5.69 Å². The summed E-state index contributed by atoms with van der Waals surface area (Å²) in [6.45, 7) is 13.1. The fourth-order valence-electron chi connectivity index (χ4n) is 3.30. The van der Waals surface area contributed by atoms with E-state index in [-0.39, 0.29) is 5.91 Å². The number of benzene rings is 1. The van der Waals surface area contributed by atoms with Gasteiger partial charge < -0.3 is 4.90 Å². The second-order valence-corrected chi connectivity index (χ2v) is 7.62. The van der Waals surface area contributed by atoms with Gasteiger partial charge in [-0.3, -0.25) is 9.69 Å². The summed E-state index contributed by atoms with van der Waals surface area (Å²) in [6.07, 6.45) is 4.37. The molecule has 0 radical (unpaired) electrons. The van der Waals surface area contributed by atoms with Crippen LogP contribution < -0.4 is 4.90 Å². The van der Waals surface area contributed by atoms with Gasteiger partial charge in [0.15, 0.2) is 5.11 Å². The van der Waals surface area contributed by atoms with Crippen LogP contribution in [0.1, 0.15) is 45.2 Å². The molecule has 0 N–H and O–H groups in total. The predicted molar refractivity (Wildman–Crippen MR) is 119 cm³/mol. The number of carbonyl (C=O) groups excluding carboxylic acids is 1. The van der Waals surface area contributed by atoms with Crippen molar-refractivity contribution < 1.29 is 4.79 Å². The van der Waals surface area contributed by atoms with E-state index < -0.39 is 5.54 Å². The normalized spacial score (nSPS) is 16.7. The topological polar surface area (TPSA) is 71.1 Å². The Balaban J connectivity index is 2.56. The molecule has 5 nitrogen and oxygen atoms in total. The van der Waals surface area contributed by atoms with Gasteiger partial charge in [-0.1, -0.05) is 19.6 Å². The summed E-state index contributed by atoms with van der Waals surface area (Å²) >= 11 is 5.71. The molecule has 1 aliphatic heterocycles. The van der Waals surface area contributed by atoms with Crippen LogP contribution in [0, 0.1) is 29.6 Å². The van der Waals surface area contributed by atoms with Crippen molar-refractivity contribution in [2.24, 2.45) is 0 Å². The number of thiocarbonyl (C=S) groups is 1. The molecule has 1 aliphatic rings. The molecule has 1 fully saturated rings. The van der Waals surface area contributed by atoms with Gasteiger partial charge in [-0.15, -0.1) is 0 Å². The van der Waals surface area contributed by atoms with Crippen molar-refractivity contribution in [1.82, 2.24) is 4.90 Å². The smallest absolute Gasteiger partial charge is 0.259 e. The Kier molecular flexibility index (Phi) is 6.41. The Bertz CT molecular complexity index is 1030. The molecule has 148 valence electrons. The SMILES string of the molecule is C=C(C#N)C(=CC(=CC)N1C(=S)N(c2ccc(C#N)c(C)c2)C(=O)C1(C)C)CC. The van der Waals surface area contributed by atoms with Gasteiger partial charge in [0.25, 0.3) is 5.91 Å². The number of anilines is 1. The summed E-state index contributed by atoms with van der Waals surface area (Å²) in [7, 11) is 0. The van der Waals surface area contributed by atoms with E-state index in [1.807, 2.05) is 46.8 Å². The van der Waals surface area contributed by atoms with Gasteiger partial charge in [-0.05, 0) is 81.7 Å². The first-order valence-electron chi connectivity index (χ1n) is 9.29. The van der Waals surface area contributed by atoms with E-state index >= 15 is 0 Å². The van der Waals surface area contributed by atoms with Crippen molar-refractivity contribution in [1.29, 1.82) is 10.5 Å². The molecule has 1 heterocycles. The van der Waals surface area contributed by atoms with Gasteiger partial charge in [0, 0.05) is 11.3 Å². The van der Waals surface area contributed by atoms with Gasteiger partial charge in [0.2, 0.25) is 0 Å². The van der Waals surface area contributed by atoms with Crippen LogP contribution in [0.5, 0.6) is 0 Å². The molecule has 0 aliphatic carbocycles. The minimum atomic E-state index is -0.913. The van der Waals surface area contributed by atoms with Crippen LogP contribution in [-0.4, -0.2) is 21.5 Å². The average molecular weight is 405 g/mol. The van der Waals surface area contributed by atoms with Crippen LogP contribution in [-0.2, 0) is 4.79 Å². The molecule has 1 aromatic rings. The molecular formula is C23H24N4OS. The van der Waals surface area contributed by atoms with Crippen molar-refractivity contribution >= 4 is 28.9 Å². The molecule has 0 bridgehead atoms. The summed E-state index contributed by atoms with van der Waals surface area (Å²) < 4.78 is 0. The third-order valence-corrected chi connectivity index (χ3v) is 5.40. The zero-order valence-electron chi connectivity index (χ0n) is 17.4. The van der Waals surface area contributed by atoms with Crippen LogP contribution in [0.2, 0.25) is 0 Å². The lowest BCUT2D eigenvalue weighted by molar-refractivity contribution is -0.122. The fourth-order valence-corrected chi connectivity index (χ4v) is 3.82.